The lowest BCUT2D eigenvalue weighted by molar-refractivity contribution is 0.617. The number of hydrogen-bond acceptors (Lipinski definition) is 4. The Labute approximate surface area is 128 Å². The number of rotatable bonds is 3. The third-order valence-corrected chi connectivity index (χ3v) is 5.20. The molecule has 0 bridgehead atoms. The van der Waals surface area contributed by atoms with Crippen LogP contribution in [0.25, 0.3) is 10.2 Å². The minimum atomic E-state index is -0.243. The molecule has 20 heavy (non-hydrogen) atoms. The third-order valence-electron chi connectivity index (χ3n) is 2.75. The predicted molar refractivity (Wildman–Crippen MR) is 85.0 cm³/mol. The molecule has 2 nitrogen and oxygen atoms in total. The van der Waals surface area contributed by atoms with Crippen molar-refractivity contribution in [3.05, 3.63) is 52.8 Å². The number of nitrogens with two attached hydrogens (primary N) is 1. The Balaban J connectivity index is 1.81. The van der Waals surface area contributed by atoms with Gasteiger partial charge in [-0.3, -0.25) is 0 Å². The van der Waals surface area contributed by atoms with E-state index in [2.05, 4.69) is 4.98 Å². The van der Waals surface area contributed by atoms with E-state index in [0.29, 0.717) is 16.3 Å². The number of nitrogens with zero attached hydrogens (tertiary/aromatic N) is 1. The molecule has 0 saturated heterocycles. The van der Waals surface area contributed by atoms with Crippen LogP contribution in [0, 0.1) is 5.82 Å². The molecule has 0 saturated carbocycles. The summed E-state index contributed by atoms with van der Waals surface area (Å²) >= 11 is 8.93. The molecule has 0 amide bonds. The summed E-state index contributed by atoms with van der Waals surface area (Å²) in [6.07, 6.45) is 0. The van der Waals surface area contributed by atoms with Crippen molar-refractivity contribution in [1.82, 2.24) is 4.98 Å². The summed E-state index contributed by atoms with van der Waals surface area (Å²) < 4.78 is 15.6. The molecule has 0 fully saturated rings. The van der Waals surface area contributed by atoms with Crippen LogP contribution >= 0.6 is 34.7 Å². The van der Waals surface area contributed by atoms with E-state index in [0.717, 1.165) is 20.2 Å². The first kappa shape index (κ1) is 13.7. The first-order valence-corrected chi connectivity index (χ1v) is 8.02. The lowest BCUT2D eigenvalue weighted by Gasteiger charge is -2.01. The summed E-state index contributed by atoms with van der Waals surface area (Å²) in [5.74, 6) is 0.258. The number of benzene rings is 2. The Hall–Kier alpha value is -1.30. The lowest BCUT2D eigenvalue weighted by atomic mass is 10.2. The number of fused-ring (bicyclic) bond motifs is 1. The van der Waals surface area contributed by atoms with Crippen LogP contribution in [-0.4, -0.2) is 4.98 Å². The second kappa shape index (κ2) is 5.60. The van der Waals surface area contributed by atoms with Gasteiger partial charge in [0.1, 0.15) is 5.82 Å². The number of halogens is 2. The van der Waals surface area contributed by atoms with Crippen LogP contribution in [0.15, 0.2) is 40.7 Å². The molecular formula is C14H10ClFN2S2. The van der Waals surface area contributed by atoms with E-state index in [1.54, 1.807) is 23.5 Å². The number of anilines is 1. The Morgan fingerprint density at radius 1 is 1.25 bits per heavy atom. The van der Waals surface area contributed by atoms with Gasteiger partial charge in [-0.15, -0.1) is 11.3 Å². The second-order valence-electron chi connectivity index (χ2n) is 4.23. The predicted octanol–water partition coefficient (Wildman–Crippen LogP) is 4.96. The number of hydrogen-bond donors (Lipinski definition) is 1. The zero-order valence-corrected chi connectivity index (χ0v) is 12.7. The Bertz CT molecular complexity index is 773. The SMILES string of the molecule is Nc1ccc2nc(SCc3cc(Cl)ccc3F)sc2c1. The van der Waals surface area contributed by atoms with Gasteiger partial charge in [0.2, 0.25) is 0 Å². The summed E-state index contributed by atoms with van der Waals surface area (Å²) in [7, 11) is 0. The van der Waals surface area contributed by atoms with E-state index in [9.17, 15) is 4.39 Å². The number of aromatic nitrogens is 1. The van der Waals surface area contributed by atoms with Crippen LogP contribution in [0.5, 0.6) is 0 Å². The molecule has 0 radical (unpaired) electrons. The first-order valence-electron chi connectivity index (χ1n) is 5.84. The summed E-state index contributed by atoms with van der Waals surface area (Å²) in [5.41, 5.74) is 7.96. The van der Waals surface area contributed by atoms with Gasteiger partial charge in [-0.25, -0.2) is 9.37 Å². The topological polar surface area (TPSA) is 38.9 Å². The van der Waals surface area contributed by atoms with Gasteiger partial charge in [0.25, 0.3) is 0 Å². The largest absolute Gasteiger partial charge is 0.399 e. The summed E-state index contributed by atoms with van der Waals surface area (Å²) in [6.45, 7) is 0. The van der Waals surface area contributed by atoms with Gasteiger partial charge in [0.15, 0.2) is 4.34 Å². The number of thiazole rings is 1. The van der Waals surface area contributed by atoms with Gasteiger partial charge in [-0.1, -0.05) is 23.4 Å². The fourth-order valence-corrected chi connectivity index (χ4v) is 4.06. The molecule has 0 aliphatic heterocycles. The normalized spacial score (nSPS) is 11.1. The molecule has 1 aromatic heterocycles. The molecule has 0 unspecified atom stereocenters. The van der Waals surface area contributed by atoms with Crippen molar-refractivity contribution in [2.24, 2.45) is 0 Å². The smallest absolute Gasteiger partial charge is 0.151 e. The number of nitrogen functional groups attached to an aromatic ring is 1. The van der Waals surface area contributed by atoms with Crippen LogP contribution < -0.4 is 5.73 Å². The molecule has 3 aromatic rings. The van der Waals surface area contributed by atoms with E-state index in [1.807, 2.05) is 18.2 Å². The van der Waals surface area contributed by atoms with Crippen LogP contribution in [0.2, 0.25) is 5.02 Å². The van der Waals surface area contributed by atoms with Gasteiger partial charge < -0.3 is 5.73 Å². The highest BCUT2D eigenvalue weighted by molar-refractivity contribution is 8.00. The monoisotopic (exact) mass is 324 g/mol. The van der Waals surface area contributed by atoms with Crippen LogP contribution in [0.3, 0.4) is 0 Å². The van der Waals surface area contributed by atoms with Crippen molar-refractivity contribution < 1.29 is 4.39 Å². The first-order chi connectivity index (χ1) is 9.61. The van der Waals surface area contributed by atoms with Gasteiger partial charge in [-0.2, -0.15) is 0 Å². The Morgan fingerprint density at radius 2 is 2.10 bits per heavy atom. The van der Waals surface area contributed by atoms with E-state index in [1.165, 1.54) is 17.8 Å². The molecule has 3 rings (SSSR count). The standard InChI is InChI=1S/C14H10ClFN2S2/c15-9-1-3-11(16)8(5-9)7-19-14-18-12-4-2-10(17)6-13(12)20-14/h1-6H,7,17H2. The second-order valence-corrected chi connectivity index (χ2v) is 6.92. The van der Waals surface area contributed by atoms with Gasteiger partial charge in [0.05, 0.1) is 10.2 Å². The van der Waals surface area contributed by atoms with Gasteiger partial charge in [0, 0.05) is 16.5 Å². The Kier molecular flexibility index (Phi) is 3.83. The minimum absolute atomic E-state index is 0.243. The maximum absolute atomic E-state index is 13.6. The van der Waals surface area contributed by atoms with E-state index in [-0.39, 0.29) is 5.82 Å². The van der Waals surface area contributed by atoms with Gasteiger partial charge in [-0.05, 0) is 42.0 Å². The number of thioether (sulfide) groups is 1. The van der Waals surface area contributed by atoms with Crippen LogP contribution in [0.1, 0.15) is 5.56 Å². The zero-order valence-electron chi connectivity index (χ0n) is 10.3. The highest BCUT2D eigenvalue weighted by Crippen LogP contribution is 2.33. The molecule has 2 aromatic carbocycles. The molecule has 0 spiro atoms. The quantitative estimate of drug-likeness (QED) is 0.546. The average molecular weight is 325 g/mol. The molecular weight excluding hydrogens is 315 g/mol. The van der Waals surface area contributed by atoms with Crippen LogP contribution in [-0.2, 0) is 5.75 Å². The molecule has 1 heterocycles. The summed E-state index contributed by atoms with van der Waals surface area (Å²) in [6, 6.07) is 10.2. The maximum atomic E-state index is 13.6. The zero-order chi connectivity index (χ0) is 14.1. The molecule has 0 atom stereocenters. The van der Waals surface area contributed by atoms with Crippen molar-refractivity contribution in [2.45, 2.75) is 10.1 Å². The Morgan fingerprint density at radius 3 is 2.95 bits per heavy atom. The lowest BCUT2D eigenvalue weighted by Crippen LogP contribution is -1.87. The molecule has 0 aliphatic rings. The minimum Gasteiger partial charge on any atom is -0.399 e. The van der Waals surface area contributed by atoms with Crippen molar-refractivity contribution >= 4 is 50.6 Å². The fourth-order valence-electron chi connectivity index (χ4n) is 1.78. The molecule has 6 heteroatoms. The van der Waals surface area contributed by atoms with Gasteiger partial charge >= 0.3 is 0 Å². The van der Waals surface area contributed by atoms with Crippen molar-refractivity contribution in [3.63, 3.8) is 0 Å². The van der Waals surface area contributed by atoms with Crippen LogP contribution in [0.4, 0.5) is 10.1 Å². The highest BCUT2D eigenvalue weighted by Gasteiger charge is 2.08. The van der Waals surface area contributed by atoms with E-state index >= 15 is 0 Å². The average Bonchev–Trinajstić information content (AvgIpc) is 2.81. The van der Waals surface area contributed by atoms with E-state index in [4.69, 9.17) is 17.3 Å². The van der Waals surface area contributed by atoms with E-state index < -0.39 is 0 Å². The third kappa shape index (κ3) is 2.90. The fraction of sp³-hybridized carbons (Fsp3) is 0.0714. The van der Waals surface area contributed by atoms with Crippen molar-refractivity contribution in [2.75, 3.05) is 5.73 Å². The molecule has 2 N–H and O–H groups in total. The molecule has 0 aliphatic carbocycles. The maximum Gasteiger partial charge on any atom is 0.151 e. The molecule has 102 valence electrons. The summed E-state index contributed by atoms with van der Waals surface area (Å²) in [4.78, 5) is 4.49. The van der Waals surface area contributed by atoms with Crippen molar-refractivity contribution in [1.29, 1.82) is 0 Å². The van der Waals surface area contributed by atoms with Crippen molar-refractivity contribution in [3.8, 4) is 0 Å². The highest BCUT2D eigenvalue weighted by atomic mass is 35.5. The summed E-state index contributed by atoms with van der Waals surface area (Å²) in [5, 5.41) is 0.541.